The quantitative estimate of drug-likeness (QED) is 0.583. The molecule has 0 heterocycles. The van der Waals surface area contributed by atoms with Gasteiger partial charge in [0.1, 0.15) is 11.6 Å². The Labute approximate surface area is 138 Å². The molecule has 0 bridgehead atoms. The largest absolute Gasteiger partial charge is 0.494 e. The molecule has 0 atom stereocenters. The summed E-state index contributed by atoms with van der Waals surface area (Å²) in [7, 11) is 1.22. The molecular weight excluding hydrogens is 321 g/mol. The second kappa shape index (κ2) is 8.38. The summed E-state index contributed by atoms with van der Waals surface area (Å²) in [6, 6.07) is 2.11. The summed E-state index contributed by atoms with van der Waals surface area (Å²) in [6.45, 7) is 4.56. The highest BCUT2D eigenvalue weighted by molar-refractivity contribution is 5.87. The summed E-state index contributed by atoms with van der Waals surface area (Å²) in [5.74, 6) is -4.30. The molecule has 1 aromatic carbocycles. The third-order valence-corrected chi connectivity index (χ3v) is 3.54. The Morgan fingerprint density at radius 3 is 2.38 bits per heavy atom. The lowest BCUT2D eigenvalue weighted by molar-refractivity contribution is -0.132. The van der Waals surface area contributed by atoms with Gasteiger partial charge in [0.2, 0.25) is 0 Å². The van der Waals surface area contributed by atoms with Gasteiger partial charge in [0.15, 0.2) is 11.6 Å². The van der Waals surface area contributed by atoms with Crippen LogP contribution in [0.4, 0.5) is 13.2 Å². The molecule has 3 nitrogen and oxygen atoms in total. The van der Waals surface area contributed by atoms with Crippen LogP contribution in [-0.2, 0) is 4.79 Å². The van der Waals surface area contributed by atoms with Crippen LogP contribution < -0.4 is 4.74 Å². The minimum atomic E-state index is -1.21. The highest BCUT2D eigenvalue weighted by atomic mass is 19.1. The van der Waals surface area contributed by atoms with E-state index in [-0.39, 0.29) is 16.9 Å². The SMILES string of the molecule is CC\C(C)=C(/C(F)=C\C=C(/C)C(=O)O)c1c(F)ccc(OC)c1F. The Morgan fingerprint density at radius 2 is 1.88 bits per heavy atom. The number of hydrogen-bond donors (Lipinski definition) is 1. The predicted molar refractivity (Wildman–Crippen MR) is 86.4 cm³/mol. The molecule has 0 saturated carbocycles. The molecule has 0 radical (unpaired) electrons. The van der Waals surface area contributed by atoms with Crippen molar-refractivity contribution in [1.29, 1.82) is 0 Å². The molecule has 1 rings (SSSR count). The third-order valence-electron chi connectivity index (χ3n) is 3.54. The topological polar surface area (TPSA) is 46.5 Å². The van der Waals surface area contributed by atoms with Crippen LogP contribution in [0.15, 0.2) is 41.3 Å². The molecule has 0 aliphatic carbocycles. The van der Waals surface area contributed by atoms with E-state index >= 15 is 0 Å². The number of carbonyl (C=O) groups is 1. The predicted octanol–water partition coefficient (Wildman–Crippen LogP) is 5.04. The fourth-order valence-electron chi connectivity index (χ4n) is 1.99. The number of ether oxygens (including phenoxy) is 1. The van der Waals surface area contributed by atoms with Crippen LogP contribution in [0.5, 0.6) is 5.75 Å². The molecule has 6 heteroatoms. The maximum absolute atomic E-state index is 14.6. The number of hydrogen-bond acceptors (Lipinski definition) is 2. The van der Waals surface area contributed by atoms with Crippen LogP contribution in [0.25, 0.3) is 5.57 Å². The first kappa shape index (κ1) is 19.5. The number of allylic oxidation sites excluding steroid dienone is 5. The fourth-order valence-corrected chi connectivity index (χ4v) is 1.99. The van der Waals surface area contributed by atoms with Gasteiger partial charge in [-0.15, -0.1) is 0 Å². The molecule has 1 N–H and O–H groups in total. The van der Waals surface area contributed by atoms with Crippen molar-refractivity contribution < 1.29 is 27.8 Å². The third kappa shape index (κ3) is 4.28. The summed E-state index contributed by atoms with van der Waals surface area (Å²) >= 11 is 0. The zero-order valence-electron chi connectivity index (χ0n) is 13.9. The Hall–Kier alpha value is -2.50. The Balaban J connectivity index is 3.61. The lowest BCUT2D eigenvalue weighted by atomic mass is 9.96. The van der Waals surface area contributed by atoms with Crippen molar-refractivity contribution in [2.45, 2.75) is 27.2 Å². The molecule has 0 spiro atoms. The minimum Gasteiger partial charge on any atom is -0.494 e. The van der Waals surface area contributed by atoms with Crippen molar-refractivity contribution in [3.8, 4) is 5.75 Å². The number of rotatable bonds is 6. The maximum atomic E-state index is 14.6. The van der Waals surface area contributed by atoms with Gasteiger partial charge < -0.3 is 9.84 Å². The average Bonchev–Trinajstić information content (AvgIpc) is 2.55. The van der Waals surface area contributed by atoms with Crippen LogP contribution in [0, 0.1) is 11.6 Å². The molecule has 0 amide bonds. The summed E-state index contributed by atoms with van der Waals surface area (Å²) in [6.07, 6.45) is 2.28. The molecule has 0 aliphatic heterocycles. The van der Waals surface area contributed by atoms with Crippen molar-refractivity contribution in [2.75, 3.05) is 7.11 Å². The van der Waals surface area contributed by atoms with Crippen molar-refractivity contribution in [3.05, 3.63) is 58.5 Å². The first-order valence-corrected chi connectivity index (χ1v) is 7.24. The number of aliphatic carboxylic acids is 1. The highest BCUT2D eigenvalue weighted by Crippen LogP contribution is 2.36. The van der Waals surface area contributed by atoms with Crippen molar-refractivity contribution in [1.82, 2.24) is 0 Å². The van der Waals surface area contributed by atoms with Gasteiger partial charge in [0, 0.05) is 11.1 Å². The van der Waals surface area contributed by atoms with Gasteiger partial charge in [-0.2, -0.15) is 0 Å². The normalized spacial score (nSPS) is 13.6. The van der Waals surface area contributed by atoms with Gasteiger partial charge in [0.25, 0.3) is 0 Å². The number of carboxylic acids is 1. The molecule has 0 fully saturated rings. The van der Waals surface area contributed by atoms with Crippen LogP contribution in [0.1, 0.15) is 32.8 Å². The van der Waals surface area contributed by atoms with Crippen molar-refractivity contribution >= 4 is 11.5 Å². The lowest BCUT2D eigenvalue weighted by Crippen LogP contribution is -2.01. The van der Waals surface area contributed by atoms with Crippen LogP contribution in [-0.4, -0.2) is 18.2 Å². The van der Waals surface area contributed by atoms with E-state index in [4.69, 9.17) is 9.84 Å². The summed E-state index contributed by atoms with van der Waals surface area (Å²) in [5.41, 5.74) is -0.480. The van der Waals surface area contributed by atoms with E-state index in [1.165, 1.54) is 14.0 Å². The highest BCUT2D eigenvalue weighted by Gasteiger charge is 2.22. The molecule has 130 valence electrons. The van der Waals surface area contributed by atoms with Crippen LogP contribution in [0.3, 0.4) is 0 Å². The minimum absolute atomic E-state index is 0.106. The summed E-state index contributed by atoms with van der Waals surface area (Å²) in [5, 5.41) is 8.79. The standard InChI is InChI=1S/C18H19F3O3/c1-5-10(2)15(12(19)7-6-11(3)18(22)23)16-13(20)8-9-14(24-4)17(16)21/h6-9H,5H2,1-4H3,(H,22,23)/b11-6+,12-7+,15-10+. The fraction of sp³-hybridized carbons (Fsp3) is 0.278. The first-order valence-electron chi connectivity index (χ1n) is 7.24. The first-order chi connectivity index (χ1) is 11.2. The van der Waals surface area contributed by atoms with Crippen LogP contribution >= 0.6 is 0 Å². The van der Waals surface area contributed by atoms with Gasteiger partial charge in [-0.3, -0.25) is 0 Å². The van der Waals surface area contributed by atoms with E-state index in [1.807, 2.05) is 0 Å². The van der Waals surface area contributed by atoms with Gasteiger partial charge in [0.05, 0.1) is 12.7 Å². The molecular formula is C18H19F3O3. The summed E-state index contributed by atoms with van der Waals surface area (Å²) in [4.78, 5) is 10.8. The number of carboxylic acid groups (broad SMARTS) is 1. The Bertz CT molecular complexity index is 731. The molecule has 0 aliphatic rings. The monoisotopic (exact) mass is 340 g/mol. The van der Waals surface area contributed by atoms with E-state index in [0.717, 1.165) is 24.3 Å². The number of benzene rings is 1. The zero-order valence-corrected chi connectivity index (χ0v) is 13.9. The van der Waals surface area contributed by atoms with Crippen molar-refractivity contribution in [2.24, 2.45) is 0 Å². The van der Waals surface area contributed by atoms with Gasteiger partial charge in [-0.05, 0) is 44.6 Å². The number of halogens is 3. The van der Waals surface area contributed by atoms with Crippen LogP contribution in [0.2, 0.25) is 0 Å². The van der Waals surface area contributed by atoms with Gasteiger partial charge >= 0.3 is 5.97 Å². The van der Waals surface area contributed by atoms with Gasteiger partial charge in [-0.25, -0.2) is 18.0 Å². The molecule has 24 heavy (non-hydrogen) atoms. The van der Waals surface area contributed by atoms with E-state index in [9.17, 15) is 18.0 Å². The van der Waals surface area contributed by atoms with E-state index in [1.54, 1.807) is 13.8 Å². The van der Waals surface area contributed by atoms with Crippen molar-refractivity contribution in [3.63, 3.8) is 0 Å². The zero-order chi connectivity index (χ0) is 18.4. The molecule has 0 aromatic heterocycles. The maximum Gasteiger partial charge on any atom is 0.331 e. The van der Waals surface area contributed by atoms with Gasteiger partial charge in [-0.1, -0.05) is 12.5 Å². The summed E-state index contributed by atoms with van der Waals surface area (Å²) < 4.78 is 48.1. The second-order valence-electron chi connectivity index (χ2n) is 5.12. The number of methoxy groups -OCH3 is 1. The van der Waals surface area contributed by atoms with E-state index in [0.29, 0.717) is 12.0 Å². The second-order valence-corrected chi connectivity index (χ2v) is 5.12. The van der Waals surface area contributed by atoms with E-state index in [2.05, 4.69) is 0 Å². The molecule has 0 saturated heterocycles. The molecule has 0 unspecified atom stereocenters. The molecule has 1 aromatic rings. The Kier molecular flexibility index (Phi) is 6.82. The average molecular weight is 340 g/mol. The smallest absolute Gasteiger partial charge is 0.331 e. The van der Waals surface area contributed by atoms with E-state index < -0.39 is 29.0 Å². The Morgan fingerprint density at radius 1 is 1.25 bits per heavy atom. The lowest BCUT2D eigenvalue weighted by Gasteiger charge is -2.14.